The number of benzene rings is 2. The number of halogens is 4. The van der Waals surface area contributed by atoms with Crippen LogP contribution >= 0.6 is 12.4 Å². The molecule has 5 nitrogen and oxygen atoms in total. The zero-order valence-electron chi connectivity index (χ0n) is 13.6. The van der Waals surface area contributed by atoms with Crippen LogP contribution in [0.2, 0.25) is 0 Å². The maximum atomic E-state index is 12.6. The lowest BCUT2D eigenvalue weighted by Crippen LogP contribution is -2.04. The number of fused-ring (bicyclic) bond motifs is 1. The molecule has 4 rings (SSSR count). The normalized spacial score (nSPS) is 11.4. The molecule has 0 aliphatic carbocycles. The van der Waals surface area contributed by atoms with Gasteiger partial charge in [0.1, 0.15) is 0 Å². The Hall–Kier alpha value is -3.13. The van der Waals surface area contributed by atoms with Crippen molar-refractivity contribution in [3.05, 3.63) is 60.6 Å². The third-order valence-corrected chi connectivity index (χ3v) is 3.85. The highest BCUT2D eigenvalue weighted by molar-refractivity contribution is 5.87. The van der Waals surface area contributed by atoms with E-state index in [2.05, 4.69) is 19.6 Å². The number of alkyl halides is 3. The van der Waals surface area contributed by atoms with E-state index in [0.29, 0.717) is 16.8 Å². The molecule has 27 heavy (non-hydrogen) atoms. The Morgan fingerprint density at radius 1 is 0.889 bits per heavy atom. The average Bonchev–Trinajstić information content (AvgIpc) is 3.12. The predicted molar refractivity (Wildman–Crippen MR) is 97.1 cm³/mol. The number of nitrogens with two attached hydrogens (primary N) is 1. The van der Waals surface area contributed by atoms with Crippen LogP contribution in [0.25, 0.3) is 33.4 Å². The van der Waals surface area contributed by atoms with Crippen LogP contribution in [0, 0.1) is 0 Å². The van der Waals surface area contributed by atoms with E-state index in [0.717, 1.165) is 16.5 Å². The Labute approximate surface area is 157 Å². The number of aromatic nitrogens is 3. The molecule has 0 atom stereocenters. The largest absolute Gasteiger partial charge is 0.471 e. The monoisotopic (exact) mass is 392 g/mol. The first kappa shape index (κ1) is 18.7. The highest BCUT2D eigenvalue weighted by Crippen LogP contribution is 2.30. The molecule has 2 N–H and O–H groups in total. The van der Waals surface area contributed by atoms with Gasteiger partial charge in [-0.25, -0.2) is 0 Å². The van der Waals surface area contributed by atoms with Crippen molar-refractivity contribution in [2.24, 2.45) is 0 Å². The maximum absolute atomic E-state index is 12.6. The second-order valence-electron chi connectivity index (χ2n) is 5.67. The van der Waals surface area contributed by atoms with Gasteiger partial charge in [0.15, 0.2) is 0 Å². The van der Waals surface area contributed by atoms with E-state index in [-0.39, 0.29) is 18.2 Å². The van der Waals surface area contributed by atoms with Gasteiger partial charge < -0.3 is 10.3 Å². The van der Waals surface area contributed by atoms with E-state index in [1.54, 1.807) is 18.2 Å². The molecular weight excluding hydrogens is 381 g/mol. The summed E-state index contributed by atoms with van der Waals surface area (Å²) in [5.74, 6) is -1.55. The van der Waals surface area contributed by atoms with Crippen molar-refractivity contribution in [1.29, 1.82) is 0 Å². The minimum Gasteiger partial charge on any atom is -0.399 e. The molecule has 4 aromatic rings. The first-order valence-electron chi connectivity index (χ1n) is 7.57. The summed E-state index contributed by atoms with van der Waals surface area (Å²) in [6.07, 6.45) is -3.27. The highest BCUT2D eigenvalue weighted by atomic mass is 35.5. The SMILES string of the molecule is Cl.Nc1ccc(-c2ccc3ncc(-c4noc(C(F)(F)F)n4)cc3c2)cc1. The van der Waals surface area contributed by atoms with Gasteiger partial charge in [0.05, 0.1) is 5.52 Å². The molecule has 0 aliphatic rings. The molecule has 9 heteroatoms. The molecule has 0 unspecified atom stereocenters. The zero-order chi connectivity index (χ0) is 18.3. The number of rotatable bonds is 2. The van der Waals surface area contributed by atoms with Crippen LogP contribution in [0.5, 0.6) is 0 Å². The quantitative estimate of drug-likeness (QED) is 0.487. The van der Waals surface area contributed by atoms with Crippen LogP contribution in [-0.2, 0) is 6.18 Å². The number of pyridine rings is 1. The molecular formula is C18H12ClF3N4O. The maximum Gasteiger partial charge on any atom is 0.471 e. The summed E-state index contributed by atoms with van der Waals surface area (Å²) in [5.41, 5.74) is 9.30. The fraction of sp³-hybridized carbons (Fsp3) is 0.0556. The molecule has 0 saturated heterocycles. The summed E-state index contributed by atoms with van der Waals surface area (Å²) in [6.45, 7) is 0. The van der Waals surface area contributed by atoms with Gasteiger partial charge in [0.25, 0.3) is 0 Å². The molecule has 0 radical (unpaired) electrons. The molecule has 0 fully saturated rings. The third-order valence-electron chi connectivity index (χ3n) is 3.85. The van der Waals surface area contributed by atoms with E-state index >= 15 is 0 Å². The summed E-state index contributed by atoms with van der Waals surface area (Å²) < 4.78 is 42.1. The Bertz CT molecular complexity index is 1090. The first-order chi connectivity index (χ1) is 12.4. The number of anilines is 1. The summed E-state index contributed by atoms with van der Waals surface area (Å²) >= 11 is 0. The lowest BCUT2D eigenvalue weighted by atomic mass is 10.0. The smallest absolute Gasteiger partial charge is 0.399 e. The Morgan fingerprint density at radius 3 is 2.22 bits per heavy atom. The van der Waals surface area contributed by atoms with Crippen LogP contribution in [0.1, 0.15) is 5.89 Å². The van der Waals surface area contributed by atoms with Crippen LogP contribution in [0.4, 0.5) is 18.9 Å². The van der Waals surface area contributed by atoms with Gasteiger partial charge in [-0.05, 0) is 41.5 Å². The number of hydrogen-bond acceptors (Lipinski definition) is 5. The minimum absolute atomic E-state index is 0. The van der Waals surface area contributed by atoms with Crippen molar-refractivity contribution in [2.45, 2.75) is 6.18 Å². The van der Waals surface area contributed by atoms with Crippen molar-refractivity contribution in [3.63, 3.8) is 0 Å². The molecule has 138 valence electrons. The summed E-state index contributed by atoms with van der Waals surface area (Å²) in [6, 6.07) is 14.7. The lowest BCUT2D eigenvalue weighted by Gasteiger charge is -2.05. The highest BCUT2D eigenvalue weighted by Gasteiger charge is 2.38. The van der Waals surface area contributed by atoms with Crippen molar-refractivity contribution in [1.82, 2.24) is 15.1 Å². The fourth-order valence-electron chi connectivity index (χ4n) is 2.56. The number of hydrogen-bond donors (Lipinski definition) is 1. The molecule has 0 saturated carbocycles. The predicted octanol–water partition coefficient (Wildman–Crippen LogP) is 4.97. The zero-order valence-corrected chi connectivity index (χ0v) is 14.4. The summed E-state index contributed by atoms with van der Waals surface area (Å²) in [5, 5.41) is 4.14. The van der Waals surface area contributed by atoms with Crippen molar-refractivity contribution < 1.29 is 17.7 Å². The van der Waals surface area contributed by atoms with Gasteiger partial charge >= 0.3 is 12.1 Å². The molecule has 2 aromatic carbocycles. The minimum atomic E-state index is -4.68. The summed E-state index contributed by atoms with van der Waals surface area (Å²) in [4.78, 5) is 7.65. The second-order valence-corrected chi connectivity index (χ2v) is 5.67. The Kier molecular flexibility index (Phi) is 4.75. The average molecular weight is 393 g/mol. The van der Waals surface area contributed by atoms with E-state index in [9.17, 15) is 13.2 Å². The Balaban J connectivity index is 0.00000210. The second kappa shape index (κ2) is 6.88. The van der Waals surface area contributed by atoms with Gasteiger partial charge in [-0.3, -0.25) is 4.98 Å². The van der Waals surface area contributed by atoms with Gasteiger partial charge in [0, 0.05) is 22.8 Å². The molecule has 0 aliphatic heterocycles. The first-order valence-corrected chi connectivity index (χ1v) is 7.57. The molecule has 2 aromatic heterocycles. The summed E-state index contributed by atoms with van der Waals surface area (Å²) in [7, 11) is 0. The fourth-order valence-corrected chi connectivity index (χ4v) is 2.56. The molecule has 2 heterocycles. The molecule has 0 amide bonds. The third kappa shape index (κ3) is 3.70. The molecule has 0 spiro atoms. The van der Waals surface area contributed by atoms with Gasteiger partial charge in [0.2, 0.25) is 5.82 Å². The van der Waals surface area contributed by atoms with E-state index in [1.807, 2.05) is 30.3 Å². The number of nitrogen functional groups attached to an aromatic ring is 1. The van der Waals surface area contributed by atoms with Gasteiger partial charge in [-0.15, -0.1) is 12.4 Å². The standard InChI is InChI=1S/C18H11F3N4O.ClH/c19-18(20,21)17-24-16(25-26-17)13-8-12-7-11(3-6-15(12)23-9-13)10-1-4-14(22)5-2-10;/h1-9H,22H2;1H. The van der Waals surface area contributed by atoms with E-state index in [1.165, 1.54) is 6.20 Å². The van der Waals surface area contributed by atoms with Crippen LogP contribution in [0.3, 0.4) is 0 Å². The topological polar surface area (TPSA) is 77.8 Å². The Morgan fingerprint density at radius 2 is 1.56 bits per heavy atom. The van der Waals surface area contributed by atoms with Crippen molar-refractivity contribution >= 4 is 29.0 Å². The van der Waals surface area contributed by atoms with Gasteiger partial charge in [-0.2, -0.15) is 18.2 Å². The van der Waals surface area contributed by atoms with E-state index in [4.69, 9.17) is 5.73 Å². The van der Waals surface area contributed by atoms with Crippen LogP contribution < -0.4 is 5.73 Å². The van der Waals surface area contributed by atoms with Crippen molar-refractivity contribution in [3.8, 4) is 22.5 Å². The lowest BCUT2D eigenvalue weighted by molar-refractivity contribution is -0.159. The van der Waals surface area contributed by atoms with Crippen LogP contribution in [-0.4, -0.2) is 15.1 Å². The number of nitrogens with zero attached hydrogens (tertiary/aromatic N) is 3. The van der Waals surface area contributed by atoms with Crippen LogP contribution in [0.15, 0.2) is 59.3 Å². The van der Waals surface area contributed by atoms with Gasteiger partial charge in [-0.1, -0.05) is 23.4 Å². The van der Waals surface area contributed by atoms with E-state index < -0.39 is 12.1 Å². The molecule has 0 bridgehead atoms. The van der Waals surface area contributed by atoms with Crippen molar-refractivity contribution in [2.75, 3.05) is 5.73 Å².